The Balaban J connectivity index is 1.13. The van der Waals surface area contributed by atoms with Crippen LogP contribution < -0.4 is 10.4 Å². The molecule has 1 aromatic heterocycles. The zero-order chi connectivity index (χ0) is 27.2. The van der Waals surface area contributed by atoms with E-state index in [-0.39, 0.29) is 17.6 Å². The van der Waals surface area contributed by atoms with Gasteiger partial charge in [-0.2, -0.15) is 0 Å². The average Bonchev–Trinajstić information content (AvgIpc) is 3.31. The lowest BCUT2D eigenvalue weighted by Crippen LogP contribution is -2.38. The normalized spacial score (nSPS) is 14.5. The lowest BCUT2D eigenvalue weighted by atomic mass is 10.0. The minimum absolute atomic E-state index is 0.0141. The van der Waals surface area contributed by atoms with Gasteiger partial charge in [-0.25, -0.2) is 4.79 Å². The van der Waals surface area contributed by atoms with E-state index in [0.717, 1.165) is 72.4 Å². The molecule has 39 heavy (non-hydrogen) atoms. The Morgan fingerprint density at radius 3 is 2.38 bits per heavy atom. The summed E-state index contributed by atoms with van der Waals surface area (Å²) >= 11 is 0. The molecule has 1 aliphatic heterocycles. The van der Waals surface area contributed by atoms with Crippen molar-refractivity contribution in [1.29, 1.82) is 0 Å². The lowest BCUT2D eigenvalue weighted by Gasteiger charge is -2.32. The first-order chi connectivity index (χ1) is 19.1. The van der Waals surface area contributed by atoms with Crippen LogP contribution in [0, 0.1) is 0 Å². The van der Waals surface area contributed by atoms with Crippen LogP contribution in [-0.2, 0) is 6.42 Å². The minimum Gasteiger partial charge on any atom is -0.492 e. The molecule has 0 spiro atoms. The number of aromatic amines is 1. The summed E-state index contributed by atoms with van der Waals surface area (Å²) in [4.78, 5) is 32.4. The van der Waals surface area contributed by atoms with Gasteiger partial charge in [-0.3, -0.25) is 14.3 Å². The second kappa shape index (κ2) is 12.3. The van der Waals surface area contributed by atoms with Crippen LogP contribution in [-0.4, -0.2) is 64.6 Å². The summed E-state index contributed by atoms with van der Waals surface area (Å²) < 4.78 is 8.18. The van der Waals surface area contributed by atoms with Gasteiger partial charge < -0.3 is 14.6 Å². The standard InChI is InChI=1S/C32H38N4O3/c1-3-35(4-2)31(37)25-15-13-24(14-16-25)23-26-9-5-8-12-30(26)39-22-21-34-19-17-27(18-20-34)36-29-11-7-6-10-28(29)33-32(36)38/h5-16,27H,3-4,17-23H2,1-2H3,(H,33,38). The molecule has 7 heteroatoms. The third-order valence-electron chi connectivity index (χ3n) is 7.83. The van der Waals surface area contributed by atoms with Crippen molar-refractivity contribution in [3.05, 3.63) is 100.0 Å². The molecule has 1 fully saturated rings. The molecular weight excluding hydrogens is 488 g/mol. The molecule has 0 radical (unpaired) electrons. The largest absolute Gasteiger partial charge is 0.492 e. The Labute approximate surface area is 230 Å². The van der Waals surface area contributed by atoms with E-state index in [1.54, 1.807) is 0 Å². The molecule has 1 saturated heterocycles. The van der Waals surface area contributed by atoms with Crippen LogP contribution in [0.1, 0.15) is 54.2 Å². The van der Waals surface area contributed by atoms with Crippen molar-refractivity contribution in [1.82, 2.24) is 19.4 Å². The Hall–Kier alpha value is -3.84. The van der Waals surface area contributed by atoms with E-state index in [4.69, 9.17) is 4.74 Å². The molecule has 3 aromatic carbocycles. The Morgan fingerprint density at radius 1 is 0.949 bits per heavy atom. The molecule has 0 aliphatic carbocycles. The number of amides is 1. The third kappa shape index (κ3) is 6.09. The van der Waals surface area contributed by atoms with Crippen molar-refractivity contribution in [3.8, 4) is 5.75 Å². The number of nitrogens with one attached hydrogen (secondary N) is 1. The minimum atomic E-state index is -0.0141. The summed E-state index contributed by atoms with van der Waals surface area (Å²) in [6.45, 7) is 8.79. The highest BCUT2D eigenvalue weighted by molar-refractivity contribution is 5.94. The fourth-order valence-electron chi connectivity index (χ4n) is 5.59. The molecule has 1 amide bonds. The van der Waals surface area contributed by atoms with Crippen LogP contribution in [0.25, 0.3) is 11.0 Å². The fraction of sp³-hybridized carbons (Fsp3) is 0.375. The van der Waals surface area contributed by atoms with E-state index in [1.807, 2.05) is 90.0 Å². The molecule has 5 rings (SSSR count). The van der Waals surface area contributed by atoms with Crippen molar-refractivity contribution < 1.29 is 9.53 Å². The number of hydrogen-bond donors (Lipinski definition) is 1. The van der Waals surface area contributed by atoms with Gasteiger partial charge >= 0.3 is 5.69 Å². The number of H-pyrrole nitrogens is 1. The van der Waals surface area contributed by atoms with Gasteiger partial charge in [0.05, 0.1) is 11.0 Å². The van der Waals surface area contributed by atoms with E-state index < -0.39 is 0 Å². The summed E-state index contributed by atoms with van der Waals surface area (Å²) in [5, 5.41) is 0. The summed E-state index contributed by atoms with van der Waals surface area (Å²) in [7, 11) is 0. The highest BCUT2D eigenvalue weighted by Gasteiger charge is 2.23. The smallest absolute Gasteiger partial charge is 0.326 e. The number of imidazole rings is 1. The van der Waals surface area contributed by atoms with Gasteiger partial charge in [0.1, 0.15) is 12.4 Å². The van der Waals surface area contributed by atoms with Crippen LogP contribution in [0.2, 0.25) is 0 Å². The van der Waals surface area contributed by atoms with Gasteiger partial charge in [-0.05, 0) is 68.1 Å². The Morgan fingerprint density at radius 2 is 1.64 bits per heavy atom. The second-order valence-electron chi connectivity index (χ2n) is 10.2. The number of likely N-dealkylation sites (tertiary alicyclic amines) is 1. The molecule has 204 valence electrons. The number of nitrogens with zero attached hydrogens (tertiary/aromatic N) is 3. The number of benzene rings is 3. The summed E-state index contributed by atoms with van der Waals surface area (Å²) in [6, 6.07) is 24.3. The van der Waals surface area contributed by atoms with Crippen molar-refractivity contribution in [2.45, 2.75) is 39.2 Å². The Bertz CT molecular complexity index is 1440. The molecule has 2 heterocycles. The lowest BCUT2D eigenvalue weighted by molar-refractivity contribution is 0.0773. The molecular formula is C32H38N4O3. The predicted octanol–water partition coefficient (Wildman–Crippen LogP) is 5.12. The van der Waals surface area contributed by atoms with Crippen molar-refractivity contribution in [3.63, 3.8) is 0 Å². The monoisotopic (exact) mass is 526 g/mol. The van der Waals surface area contributed by atoms with E-state index in [1.165, 1.54) is 0 Å². The Kier molecular flexibility index (Phi) is 8.47. The second-order valence-corrected chi connectivity index (χ2v) is 10.2. The molecule has 1 aliphatic rings. The van der Waals surface area contributed by atoms with Gasteiger partial charge in [0.25, 0.3) is 5.91 Å². The zero-order valence-corrected chi connectivity index (χ0v) is 22.9. The van der Waals surface area contributed by atoms with E-state index in [9.17, 15) is 9.59 Å². The summed E-state index contributed by atoms with van der Waals surface area (Å²) in [5.41, 5.74) is 4.90. The molecule has 0 unspecified atom stereocenters. The van der Waals surface area contributed by atoms with Crippen LogP contribution in [0.15, 0.2) is 77.6 Å². The fourth-order valence-corrected chi connectivity index (χ4v) is 5.59. The molecule has 7 nitrogen and oxygen atoms in total. The van der Waals surface area contributed by atoms with E-state index in [0.29, 0.717) is 19.7 Å². The highest BCUT2D eigenvalue weighted by atomic mass is 16.5. The maximum Gasteiger partial charge on any atom is 0.326 e. The van der Waals surface area contributed by atoms with Gasteiger partial charge in [0, 0.05) is 50.7 Å². The maximum atomic E-state index is 12.6. The van der Waals surface area contributed by atoms with Crippen LogP contribution in [0.5, 0.6) is 5.75 Å². The maximum absolute atomic E-state index is 12.6. The topological polar surface area (TPSA) is 70.6 Å². The number of aromatic nitrogens is 2. The number of hydrogen-bond acceptors (Lipinski definition) is 4. The van der Waals surface area contributed by atoms with Gasteiger partial charge in [0.2, 0.25) is 0 Å². The first kappa shape index (κ1) is 26.8. The first-order valence-corrected chi connectivity index (χ1v) is 14.1. The average molecular weight is 527 g/mol. The first-order valence-electron chi connectivity index (χ1n) is 14.1. The van der Waals surface area contributed by atoms with Crippen LogP contribution in [0.3, 0.4) is 0 Å². The van der Waals surface area contributed by atoms with Crippen molar-refractivity contribution >= 4 is 16.9 Å². The number of piperidine rings is 1. The molecule has 1 N–H and O–H groups in total. The number of ether oxygens (including phenoxy) is 1. The van der Waals surface area contributed by atoms with Crippen LogP contribution >= 0.6 is 0 Å². The predicted molar refractivity (Wildman–Crippen MR) is 156 cm³/mol. The third-order valence-corrected chi connectivity index (χ3v) is 7.83. The van der Waals surface area contributed by atoms with E-state index >= 15 is 0 Å². The van der Waals surface area contributed by atoms with Gasteiger partial charge in [-0.15, -0.1) is 0 Å². The SMILES string of the molecule is CCN(CC)C(=O)c1ccc(Cc2ccccc2OCCN2CCC(n3c(=O)[nH]c4ccccc43)CC2)cc1. The van der Waals surface area contributed by atoms with Gasteiger partial charge in [-0.1, -0.05) is 42.5 Å². The summed E-state index contributed by atoms with van der Waals surface area (Å²) in [5.74, 6) is 0.980. The summed E-state index contributed by atoms with van der Waals surface area (Å²) in [6.07, 6.45) is 2.65. The number of carbonyl (C=O) groups excluding carboxylic acids is 1. The van der Waals surface area contributed by atoms with Crippen LogP contribution in [0.4, 0.5) is 0 Å². The quantitative estimate of drug-likeness (QED) is 0.312. The number of carbonyl (C=O) groups is 1. The molecule has 0 saturated carbocycles. The van der Waals surface area contributed by atoms with E-state index in [2.05, 4.69) is 16.0 Å². The number of rotatable bonds is 10. The van der Waals surface area contributed by atoms with Crippen molar-refractivity contribution in [2.24, 2.45) is 0 Å². The molecule has 0 bridgehead atoms. The van der Waals surface area contributed by atoms with Gasteiger partial charge in [0.15, 0.2) is 0 Å². The number of para-hydroxylation sites is 3. The van der Waals surface area contributed by atoms with Crippen molar-refractivity contribution in [2.75, 3.05) is 39.3 Å². The zero-order valence-electron chi connectivity index (χ0n) is 22.9. The number of fused-ring (bicyclic) bond motifs is 1. The molecule has 4 aromatic rings. The molecule has 0 atom stereocenters. The highest BCUT2D eigenvalue weighted by Crippen LogP contribution is 2.25.